The highest BCUT2D eigenvalue weighted by molar-refractivity contribution is 6.05. The van der Waals surface area contributed by atoms with Gasteiger partial charge in [0.05, 0.1) is 5.69 Å². The van der Waals surface area contributed by atoms with Gasteiger partial charge in [0, 0.05) is 11.3 Å². The molecule has 0 saturated heterocycles. The van der Waals surface area contributed by atoms with E-state index in [0.717, 1.165) is 5.56 Å². The van der Waals surface area contributed by atoms with Crippen LogP contribution in [0.3, 0.4) is 0 Å². The van der Waals surface area contributed by atoms with Crippen molar-refractivity contribution in [1.82, 2.24) is 20.2 Å². The minimum absolute atomic E-state index is 0.160. The van der Waals surface area contributed by atoms with Crippen molar-refractivity contribution in [3.8, 4) is 5.69 Å². The maximum atomic E-state index is 12.3. The van der Waals surface area contributed by atoms with Crippen molar-refractivity contribution >= 4 is 17.5 Å². The summed E-state index contributed by atoms with van der Waals surface area (Å²) in [4.78, 5) is 24.4. The summed E-state index contributed by atoms with van der Waals surface area (Å²) in [6.45, 7) is 1.88. The summed E-state index contributed by atoms with van der Waals surface area (Å²) in [5.41, 5.74) is 7.82. The normalized spacial score (nSPS) is 10.4. The lowest BCUT2D eigenvalue weighted by atomic mass is 10.1. The number of amides is 2. The van der Waals surface area contributed by atoms with Gasteiger partial charge in [0.1, 0.15) is 0 Å². The van der Waals surface area contributed by atoms with Gasteiger partial charge in [0.2, 0.25) is 0 Å². The molecule has 0 radical (unpaired) electrons. The summed E-state index contributed by atoms with van der Waals surface area (Å²) in [5, 5.41) is 14.0. The van der Waals surface area contributed by atoms with Crippen LogP contribution in [0.1, 0.15) is 26.5 Å². The largest absolute Gasteiger partial charge is 0.363 e. The number of nitrogens with two attached hydrogens (primary N) is 1. The van der Waals surface area contributed by atoms with Gasteiger partial charge in [-0.1, -0.05) is 18.2 Å². The molecule has 3 rings (SSSR count). The van der Waals surface area contributed by atoms with E-state index >= 15 is 0 Å². The number of tetrazole rings is 1. The lowest BCUT2D eigenvalue weighted by molar-refractivity contribution is 0.0988. The fourth-order valence-corrected chi connectivity index (χ4v) is 2.13. The molecule has 120 valence electrons. The summed E-state index contributed by atoms with van der Waals surface area (Å²) in [5.74, 6) is -1.09. The second-order valence-electron chi connectivity index (χ2n) is 5.08. The molecule has 0 aliphatic heterocycles. The van der Waals surface area contributed by atoms with Gasteiger partial charge >= 0.3 is 0 Å². The van der Waals surface area contributed by atoms with Crippen LogP contribution in [0, 0.1) is 6.92 Å². The molecule has 0 bridgehead atoms. The number of carbonyl (C=O) groups is 2. The fourth-order valence-electron chi connectivity index (χ4n) is 2.13. The summed E-state index contributed by atoms with van der Waals surface area (Å²) >= 11 is 0. The zero-order chi connectivity index (χ0) is 17.1. The van der Waals surface area contributed by atoms with Gasteiger partial charge in [0.25, 0.3) is 17.6 Å². The molecule has 0 spiro atoms. The number of anilines is 1. The lowest BCUT2D eigenvalue weighted by Gasteiger charge is -2.08. The maximum absolute atomic E-state index is 12.3. The van der Waals surface area contributed by atoms with Gasteiger partial charge in [0.15, 0.2) is 0 Å². The second-order valence-corrected chi connectivity index (χ2v) is 5.08. The molecule has 0 atom stereocenters. The third-order valence-electron chi connectivity index (χ3n) is 3.38. The molecule has 0 fully saturated rings. The first kappa shape index (κ1) is 15.3. The Kier molecular flexibility index (Phi) is 4.02. The highest BCUT2D eigenvalue weighted by atomic mass is 16.2. The van der Waals surface area contributed by atoms with Crippen LogP contribution in [-0.4, -0.2) is 32.0 Å². The third kappa shape index (κ3) is 3.12. The van der Waals surface area contributed by atoms with Crippen molar-refractivity contribution in [2.75, 3.05) is 5.32 Å². The molecule has 0 aliphatic carbocycles. The number of nitrogens with zero attached hydrogens (tertiary/aromatic N) is 4. The van der Waals surface area contributed by atoms with E-state index in [2.05, 4.69) is 20.7 Å². The van der Waals surface area contributed by atoms with E-state index in [1.165, 1.54) is 4.80 Å². The van der Waals surface area contributed by atoms with Crippen LogP contribution in [0.4, 0.5) is 5.69 Å². The molecule has 0 saturated carbocycles. The molecule has 8 heteroatoms. The van der Waals surface area contributed by atoms with Gasteiger partial charge in [-0.05, 0) is 48.0 Å². The Balaban J connectivity index is 1.76. The Labute approximate surface area is 137 Å². The Morgan fingerprint density at radius 1 is 1.08 bits per heavy atom. The topological polar surface area (TPSA) is 116 Å². The predicted octanol–water partition coefficient (Wildman–Crippen LogP) is 1.32. The van der Waals surface area contributed by atoms with E-state index in [4.69, 9.17) is 5.73 Å². The van der Waals surface area contributed by atoms with Gasteiger partial charge in [-0.3, -0.25) is 9.59 Å². The predicted molar refractivity (Wildman–Crippen MR) is 86.8 cm³/mol. The second kappa shape index (κ2) is 6.29. The first-order valence-corrected chi connectivity index (χ1v) is 7.12. The molecule has 24 heavy (non-hydrogen) atoms. The van der Waals surface area contributed by atoms with Crippen molar-refractivity contribution in [2.24, 2.45) is 5.73 Å². The van der Waals surface area contributed by atoms with Gasteiger partial charge < -0.3 is 11.1 Å². The van der Waals surface area contributed by atoms with Crippen molar-refractivity contribution in [3.63, 3.8) is 0 Å². The summed E-state index contributed by atoms with van der Waals surface area (Å²) in [7, 11) is 0. The van der Waals surface area contributed by atoms with Gasteiger partial charge in [-0.25, -0.2) is 0 Å². The van der Waals surface area contributed by atoms with Gasteiger partial charge in [-0.2, -0.15) is 0 Å². The Hall–Kier alpha value is -3.55. The van der Waals surface area contributed by atoms with E-state index in [9.17, 15) is 9.59 Å². The van der Waals surface area contributed by atoms with Crippen LogP contribution in [-0.2, 0) is 0 Å². The smallest absolute Gasteiger partial charge is 0.290 e. The average Bonchev–Trinajstić information content (AvgIpc) is 3.06. The molecule has 2 aromatic carbocycles. The zero-order valence-electron chi connectivity index (χ0n) is 12.8. The number of primary amides is 1. The number of nitrogens with one attached hydrogen (secondary N) is 1. The molecule has 3 aromatic rings. The number of aromatic nitrogens is 4. The number of hydrogen-bond donors (Lipinski definition) is 2. The number of aryl methyl sites for hydroxylation is 1. The summed E-state index contributed by atoms with van der Waals surface area (Å²) in [6, 6.07) is 14.1. The van der Waals surface area contributed by atoms with E-state index in [-0.39, 0.29) is 11.7 Å². The molecule has 0 aliphatic rings. The van der Waals surface area contributed by atoms with Crippen molar-refractivity contribution in [1.29, 1.82) is 0 Å². The monoisotopic (exact) mass is 322 g/mol. The number of carbonyl (C=O) groups excluding carboxylic acids is 2. The Morgan fingerprint density at radius 2 is 1.79 bits per heavy atom. The molecule has 8 nitrogen and oxygen atoms in total. The summed E-state index contributed by atoms with van der Waals surface area (Å²) < 4.78 is 0. The standard InChI is InChI=1S/C16H14N6O2/c1-10-4-2-3-5-13(10)16(24)18-11-6-8-12(9-7-11)22-20-15(14(17)23)19-21-22/h2-9H,1H3,(H2,17,23)(H,18,24). The van der Waals surface area contributed by atoms with Crippen molar-refractivity contribution in [2.45, 2.75) is 6.92 Å². The number of benzene rings is 2. The third-order valence-corrected chi connectivity index (χ3v) is 3.38. The molecule has 3 N–H and O–H groups in total. The fraction of sp³-hybridized carbons (Fsp3) is 0.0625. The van der Waals surface area contributed by atoms with Crippen LogP contribution < -0.4 is 11.1 Å². The van der Waals surface area contributed by atoms with E-state index in [1.54, 1.807) is 30.3 Å². The van der Waals surface area contributed by atoms with Gasteiger partial charge in [-0.15, -0.1) is 15.0 Å². The van der Waals surface area contributed by atoms with Crippen LogP contribution in [0.2, 0.25) is 0 Å². The van der Waals surface area contributed by atoms with Crippen LogP contribution in [0.15, 0.2) is 48.5 Å². The van der Waals surface area contributed by atoms with Crippen LogP contribution in [0.25, 0.3) is 5.69 Å². The van der Waals surface area contributed by atoms with Crippen molar-refractivity contribution in [3.05, 3.63) is 65.5 Å². The highest BCUT2D eigenvalue weighted by Crippen LogP contribution is 2.14. The number of rotatable bonds is 4. The first-order valence-electron chi connectivity index (χ1n) is 7.12. The molecule has 2 amide bonds. The Morgan fingerprint density at radius 3 is 2.42 bits per heavy atom. The van der Waals surface area contributed by atoms with E-state index in [1.807, 2.05) is 25.1 Å². The highest BCUT2D eigenvalue weighted by Gasteiger charge is 2.11. The summed E-state index contributed by atoms with van der Waals surface area (Å²) in [6.07, 6.45) is 0. The average molecular weight is 322 g/mol. The quantitative estimate of drug-likeness (QED) is 0.751. The Bertz CT molecular complexity index is 901. The van der Waals surface area contributed by atoms with E-state index < -0.39 is 5.91 Å². The maximum Gasteiger partial charge on any atom is 0.290 e. The minimum Gasteiger partial charge on any atom is -0.363 e. The molecular weight excluding hydrogens is 308 g/mol. The first-order chi connectivity index (χ1) is 11.5. The van der Waals surface area contributed by atoms with Crippen LogP contribution in [0.5, 0.6) is 0 Å². The van der Waals surface area contributed by atoms with Crippen molar-refractivity contribution < 1.29 is 9.59 Å². The van der Waals surface area contributed by atoms with Crippen LogP contribution >= 0.6 is 0 Å². The number of hydrogen-bond acceptors (Lipinski definition) is 5. The van der Waals surface area contributed by atoms with E-state index in [0.29, 0.717) is 16.9 Å². The minimum atomic E-state index is -0.747. The molecule has 0 unspecified atom stereocenters. The molecular formula is C16H14N6O2. The zero-order valence-corrected chi connectivity index (χ0v) is 12.8. The SMILES string of the molecule is Cc1ccccc1C(=O)Nc1ccc(-n2nnc(C(N)=O)n2)cc1. The molecule has 1 heterocycles. The molecule has 1 aromatic heterocycles. The lowest BCUT2D eigenvalue weighted by Crippen LogP contribution is -2.14.